The lowest BCUT2D eigenvalue weighted by Crippen LogP contribution is -2.60. The predicted octanol–water partition coefficient (Wildman–Crippen LogP) is -2.13. The number of hydrogen-bond donors (Lipinski definition) is 6. The maximum absolute atomic E-state index is 12.8. The summed E-state index contributed by atoms with van der Waals surface area (Å²) in [6.45, 7) is 4.70. The molecule has 12 nitrogen and oxygen atoms in total. The van der Waals surface area contributed by atoms with Gasteiger partial charge in [0.1, 0.15) is 18.1 Å². The van der Waals surface area contributed by atoms with E-state index in [0.29, 0.717) is 6.42 Å². The first-order valence-electron chi connectivity index (χ1n) is 9.66. The zero-order valence-electron chi connectivity index (χ0n) is 17.2. The fraction of sp³-hybridized carbons (Fsp3) is 0.722. The fourth-order valence-electron chi connectivity index (χ4n) is 3.17. The van der Waals surface area contributed by atoms with Crippen LogP contribution in [0.1, 0.15) is 40.0 Å². The standard InChI is InChI=1S/C18H30N4O8/c1-8(2)13(20-15(26)10(19)7-12(24)25)16(27)21-14(9(3)23)17(28)22-6-4-5-11(22)18(29)30/h8-11,13-14,23H,4-7,19H2,1-3H3,(H,20,26)(H,21,27)(H,24,25)(H,29,30). The molecular formula is C18H30N4O8. The second kappa shape index (κ2) is 10.9. The smallest absolute Gasteiger partial charge is 0.326 e. The minimum Gasteiger partial charge on any atom is -0.481 e. The van der Waals surface area contributed by atoms with Crippen molar-refractivity contribution in [1.29, 1.82) is 0 Å². The van der Waals surface area contributed by atoms with Gasteiger partial charge in [-0.25, -0.2) is 4.79 Å². The van der Waals surface area contributed by atoms with Gasteiger partial charge in [0.25, 0.3) is 0 Å². The molecule has 12 heteroatoms. The van der Waals surface area contributed by atoms with Crippen molar-refractivity contribution < 1.29 is 39.3 Å². The zero-order chi connectivity index (χ0) is 23.2. The molecule has 0 saturated carbocycles. The number of carboxylic acid groups (broad SMARTS) is 2. The molecule has 1 saturated heterocycles. The van der Waals surface area contributed by atoms with E-state index in [9.17, 15) is 34.2 Å². The van der Waals surface area contributed by atoms with Gasteiger partial charge in [-0.3, -0.25) is 19.2 Å². The highest BCUT2D eigenvalue weighted by molar-refractivity contribution is 5.95. The Balaban J connectivity index is 2.93. The molecule has 0 aromatic rings. The minimum absolute atomic E-state index is 0.184. The average Bonchev–Trinajstić information content (AvgIpc) is 3.12. The van der Waals surface area contributed by atoms with E-state index in [1.807, 2.05) is 0 Å². The second-order valence-corrected chi connectivity index (χ2v) is 7.69. The first-order valence-corrected chi connectivity index (χ1v) is 9.66. The Labute approximate surface area is 173 Å². The van der Waals surface area contributed by atoms with Gasteiger partial charge in [0.05, 0.1) is 18.6 Å². The normalized spacial score (nSPS) is 20.2. The highest BCUT2D eigenvalue weighted by Gasteiger charge is 2.40. The van der Waals surface area contributed by atoms with E-state index in [-0.39, 0.29) is 13.0 Å². The lowest BCUT2D eigenvalue weighted by Gasteiger charge is -2.31. The van der Waals surface area contributed by atoms with Crippen LogP contribution in [-0.4, -0.2) is 86.7 Å². The molecule has 170 valence electrons. The minimum atomic E-state index is -1.41. The van der Waals surface area contributed by atoms with Gasteiger partial charge >= 0.3 is 11.9 Å². The Morgan fingerprint density at radius 1 is 1.03 bits per heavy atom. The first-order chi connectivity index (χ1) is 13.9. The van der Waals surface area contributed by atoms with Gasteiger partial charge in [-0.05, 0) is 25.7 Å². The van der Waals surface area contributed by atoms with Crippen molar-refractivity contribution in [3.63, 3.8) is 0 Å². The first kappa shape index (κ1) is 25.3. The van der Waals surface area contributed by atoms with Crippen LogP contribution in [0.2, 0.25) is 0 Å². The molecule has 3 amide bonds. The number of carbonyl (C=O) groups excluding carboxylic acids is 3. The van der Waals surface area contributed by atoms with Crippen LogP contribution < -0.4 is 16.4 Å². The molecule has 1 aliphatic rings. The number of amides is 3. The van der Waals surface area contributed by atoms with E-state index in [1.54, 1.807) is 13.8 Å². The number of carboxylic acids is 2. The Hall–Kier alpha value is -2.73. The third-order valence-corrected chi connectivity index (χ3v) is 4.85. The summed E-state index contributed by atoms with van der Waals surface area (Å²) in [5, 5.41) is 32.8. The Morgan fingerprint density at radius 3 is 2.07 bits per heavy atom. The molecule has 1 fully saturated rings. The van der Waals surface area contributed by atoms with Crippen LogP contribution in [0.15, 0.2) is 0 Å². The number of likely N-dealkylation sites (tertiary alicyclic amines) is 1. The van der Waals surface area contributed by atoms with Gasteiger partial charge in [0.15, 0.2) is 0 Å². The largest absolute Gasteiger partial charge is 0.481 e. The summed E-state index contributed by atoms with van der Waals surface area (Å²) in [6.07, 6.45) is -1.20. The summed E-state index contributed by atoms with van der Waals surface area (Å²) >= 11 is 0. The summed E-state index contributed by atoms with van der Waals surface area (Å²) in [5.74, 6) is -5.27. The van der Waals surface area contributed by atoms with Crippen LogP contribution in [0.3, 0.4) is 0 Å². The molecule has 0 aromatic heterocycles. The molecule has 1 heterocycles. The van der Waals surface area contributed by atoms with Crippen molar-refractivity contribution in [3.8, 4) is 0 Å². The lowest BCUT2D eigenvalue weighted by molar-refractivity contribution is -0.150. The van der Waals surface area contributed by atoms with Crippen molar-refractivity contribution in [2.75, 3.05) is 6.54 Å². The van der Waals surface area contributed by atoms with Crippen LogP contribution in [0.25, 0.3) is 0 Å². The van der Waals surface area contributed by atoms with E-state index >= 15 is 0 Å². The summed E-state index contributed by atoms with van der Waals surface area (Å²) in [7, 11) is 0. The van der Waals surface area contributed by atoms with Gasteiger partial charge in [0, 0.05) is 6.54 Å². The Kier molecular flexibility index (Phi) is 9.18. The van der Waals surface area contributed by atoms with E-state index < -0.39 is 72.3 Å². The van der Waals surface area contributed by atoms with Crippen molar-refractivity contribution in [1.82, 2.24) is 15.5 Å². The number of nitrogens with one attached hydrogen (secondary N) is 2. The lowest BCUT2D eigenvalue weighted by atomic mass is 10.0. The number of aliphatic hydroxyl groups is 1. The summed E-state index contributed by atoms with van der Waals surface area (Å²) in [6, 6.07) is -4.97. The average molecular weight is 430 g/mol. The van der Waals surface area contributed by atoms with E-state index in [4.69, 9.17) is 10.8 Å². The maximum atomic E-state index is 12.8. The van der Waals surface area contributed by atoms with Crippen LogP contribution in [-0.2, 0) is 24.0 Å². The number of aliphatic carboxylic acids is 2. The number of hydrogen-bond acceptors (Lipinski definition) is 7. The van der Waals surface area contributed by atoms with Crippen LogP contribution in [0, 0.1) is 5.92 Å². The van der Waals surface area contributed by atoms with Gasteiger partial charge < -0.3 is 36.6 Å². The molecule has 0 spiro atoms. The third kappa shape index (κ3) is 6.66. The van der Waals surface area contributed by atoms with Crippen LogP contribution in [0.4, 0.5) is 0 Å². The molecule has 1 rings (SSSR count). The van der Waals surface area contributed by atoms with Gasteiger partial charge in [0.2, 0.25) is 17.7 Å². The quantitative estimate of drug-likeness (QED) is 0.224. The molecule has 0 aromatic carbocycles. The van der Waals surface area contributed by atoms with Gasteiger partial charge in [-0.15, -0.1) is 0 Å². The fourth-order valence-corrected chi connectivity index (χ4v) is 3.17. The van der Waals surface area contributed by atoms with E-state index in [1.165, 1.54) is 6.92 Å². The SMILES string of the molecule is CC(C)C(NC(=O)C(N)CC(=O)O)C(=O)NC(C(=O)N1CCCC1C(=O)O)C(C)O. The van der Waals surface area contributed by atoms with E-state index in [2.05, 4.69) is 10.6 Å². The summed E-state index contributed by atoms with van der Waals surface area (Å²) < 4.78 is 0. The molecule has 7 N–H and O–H groups in total. The number of rotatable bonds is 10. The van der Waals surface area contributed by atoms with Crippen LogP contribution >= 0.6 is 0 Å². The molecule has 0 radical (unpaired) electrons. The predicted molar refractivity (Wildman–Crippen MR) is 103 cm³/mol. The zero-order valence-corrected chi connectivity index (χ0v) is 17.2. The monoisotopic (exact) mass is 430 g/mol. The van der Waals surface area contributed by atoms with Crippen molar-refractivity contribution in [3.05, 3.63) is 0 Å². The number of nitrogens with zero attached hydrogens (tertiary/aromatic N) is 1. The third-order valence-electron chi connectivity index (χ3n) is 4.85. The molecule has 30 heavy (non-hydrogen) atoms. The molecular weight excluding hydrogens is 400 g/mol. The molecule has 5 unspecified atom stereocenters. The van der Waals surface area contributed by atoms with Crippen molar-refractivity contribution in [2.24, 2.45) is 11.7 Å². The van der Waals surface area contributed by atoms with Crippen LogP contribution in [0.5, 0.6) is 0 Å². The highest BCUT2D eigenvalue weighted by Crippen LogP contribution is 2.19. The maximum Gasteiger partial charge on any atom is 0.326 e. The van der Waals surface area contributed by atoms with Gasteiger partial charge in [-0.2, -0.15) is 0 Å². The molecule has 1 aliphatic heterocycles. The van der Waals surface area contributed by atoms with Crippen molar-refractivity contribution >= 4 is 29.7 Å². The number of nitrogens with two attached hydrogens (primary N) is 1. The molecule has 0 aliphatic carbocycles. The Morgan fingerprint density at radius 2 is 1.60 bits per heavy atom. The number of aliphatic hydroxyl groups excluding tert-OH is 1. The molecule has 0 bridgehead atoms. The van der Waals surface area contributed by atoms with E-state index in [0.717, 1.165) is 4.90 Å². The second-order valence-electron chi connectivity index (χ2n) is 7.69. The highest BCUT2D eigenvalue weighted by atomic mass is 16.4. The Bertz CT molecular complexity index is 681. The molecule has 5 atom stereocenters. The van der Waals surface area contributed by atoms with Crippen molar-refractivity contribution in [2.45, 2.75) is 70.3 Å². The topological polar surface area (TPSA) is 199 Å². The number of carbonyl (C=O) groups is 5. The van der Waals surface area contributed by atoms with Gasteiger partial charge in [-0.1, -0.05) is 13.8 Å². The summed E-state index contributed by atoms with van der Waals surface area (Å²) in [5.41, 5.74) is 5.51. The summed E-state index contributed by atoms with van der Waals surface area (Å²) in [4.78, 5) is 60.8.